The number of piperazine rings is 1. The Kier molecular flexibility index (Phi) is 5.68. The maximum absolute atomic E-state index is 4.96. The molecule has 1 N–H and O–H groups in total. The summed E-state index contributed by atoms with van der Waals surface area (Å²) >= 11 is 0. The highest BCUT2D eigenvalue weighted by atomic mass is 15.2. The average molecular weight is 365 g/mol. The molecule has 4 rings (SSSR count). The van der Waals surface area contributed by atoms with Crippen LogP contribution in [0.4, 0.5) is 0 Å². The molecule has 0 radical (unpaired) electrons. The second-order valence-corrected chi connectivity index (χ2v) is 8.19. The topological polar surface area (TPSA) is 32.6 Å². The third-order valence-corrected chi connectivity index (χ3v) is 5.24. The molecule has 27 heavy (non-hydrogen) atoms. The molecule has 0 bridgehead atoms. The van der Waals surface area contributed by atoms with Crippen molar-refractivity contribution in [2.75, 3.05) is 26.2 Å². The quantitative estimate of drug-likeness (QED) is 0.750. The van der Waals surface area contributed by atoms with Gasteiger partial charge in [0.1, 0.15) is 5.65 Å². The normalized spacial score (nSPS) is 15.7. The smallest absolute Gasteiger partial charge is 0.137 e. The zero-order chi connectivity index (χ0) is 18.1. The highest BCUT2D eigenvalue weighted by molar-refractivity contribution is 5.67. The van der Waals surface area contributed by atoms with Crippen molar-refractivity contribution in [3.05, 3.63) is 59.9 Å². The minimum atomic E-state index is 0. The van der Waals surface area contributed by atoms with Crippen LogP contribution in [0.15, 0.2) is 48.7 Å². The summed E-state index contributed by atoms with van der Waals surface area (Å²) in [5.74, 6) is 0. The highest BCUT2D eigenvalue weighted by Gasteiger charge is 2.19. The lowest BCUT2D eigenvalue weighted by Crippen LogP contribution is -2.43. The molecule has 4 nitrogen and oxygen atoms in total. The number of rotatable bonds is 3. The van der Waals surface area contributed by atoms with Crippen LogP contribution in [0.3, 0.4) is 0 Å². The van der Waals surface area contributed by atoms with Crippen molar-refractivity contribution in [1.82, 2.24) is 19.6 Å². The number of nitrogens with one attached hydrogen (secondary N) is 1. The number of nitrogens with zero attached hydrogens (tertiary/aromatic N) is 3. The first kappa shape index (κ1) is 19.6. The van der Waals surface area contributed by atoms with Crippen molar-refractivity contribution >= 4 is 5.65 Å². The first-order valence-electron chi connectivity index (χ1n) is 9.52. The Bertz CT molecular complexity index is 881. The van der Waals surface area contributed by atoms with Gasteiger partial charge in [-0.25, -0.2) is 4.98 Å². The van der Waals surface area contributed by atoms with E-state index in [0.29, 0.717) is 0 Å². The molecule has 3 aromatic rings. The summed E-state index contributed by atoms with van der Waals surface area (Å²) in [6.07, 6.45) is 2.13. The van der Waals surface area contributed by atoms with Crippen LogP contribution < -0.4 is 5.32 Å². The van der Waals surface area contributed by atoms with Gasteiger partial charge >= 0.3 is 0 Å². The van der Waals surface area contributed by atoms with E-state index in [2.05, 4.69) is 84.1 Å². The molecule has 3 heterocycles. The summed E-state index contributed by atoms with van der Waals surface area (Å²) in [5, 5.41) is 3.43. The molecular weight excluding hydrogens is 332 g/mol. The lowest BCUT2D eigenvalue weighted by molar-refractivity contribution is 0.230. The van der Waals surface area contributed by atoms with E-state index in [1.807, 2.05) is 0 Å². The molecular formula is C23H32N4. The summed E-state index contributed by atoms with van der Waals surface area (Å²) in [6, 6.07) is 15.2. The van der Waals surface area contributed by atoms with Crippen molar-refractivity contribution < 1.29 is 0 Å². The van der Waals surface area contributed by atoms with E-state index in [9.17, 15) is 0 Å². The van der Waals surface area contributed by atoms with E-state index in [1.165, 1.54) is 16.8 Å². The molecule has 2 aromatic heterocycles. The van der Waals surface area contributed by atoms with Gasteiger partial charge in [-0.15, -0.1) is 0 Å². The van der Waals surface area contributed by atoms with Crippen molar-refractivity contribution in [2.24, 2.45) is 0 Å². The number of fused-ring (bicyclic) bond motifs is 1. The Morgan fingerprint density at radius 1 is 1.00 bits per heavy atom. The lowest BCUT2D eigenvalue weighted by atomic mass is 9.86. The third kappa shape index (κ3) is 4.07. The number of hydrogen-bond donors (Lipinski definition) is 1. The summed E-state index contributed by atoms with van der Waals surface area (Å²) in [7, 11) is 0. The van der Waals surface area contributed by atoms with Crippen LogP contribution in [0.5, 0.6) is 0 Å². The Hall–Kier alpha value is -2.17. The molecule has 1 aromatic carbocycles. The predicted molar refractivity (Wildman–Crippen MR) is 114 cm³/mol. The molecule has 0 amide bonds. The zero-order valence-electron chi connectivity index (χ0n) is 16.0. The van der Waals surface area contributed by atoms with Crippen LogP contribution in [0.25, 0.3) is 16.9 Å². The fourth-order valence-electron chi connectivity index (χ4n) is 3.64. The minimum absolute atomic E-state index is 0. The number of benzene rings is 1. The molecule has 0 unspecified atom stereocenters. The monoisotopic (exact) mass is 364 g/mol. The summed E-state index contributed by atoms with van der Waals surface area (Å²) < 4.78 is 2.25. The molecule has 1 aliphatic rings. The van der Waals surface area contributed by atoms with E-state index in [-0.39, 0.29) is 12.8 Å². The summed E-state index contributed by atoms with van der Waals surface area (Å²) in [5.41, 5.74) is 6.13. The minimum Gasteiger partial charge on any atom is -0.314 e. The van der Waals surface area contributed by atoms with Crippen LogP contribution in [0, 0.1) is 0 Å². The van der Waals surface area contributed by atoms with Crippen LogP contribution in [-0.4, -0.2) is 40.5 Å². The Balaban J connectivity index is 0.00000210. The number of hydrogen-bond acceptors (Lipinski definition) is 3. The molecule has 1 saturated heterocycles. The van der Waals surface area contributed by atoms with Crippen LogP contribution >= 0.6 is 0 Å². The number of pyridine rings is 1. The maximum atomic E-state index is 4.96. The third-order valence-electron chi connectivity index (χ3n) is 5.24. The second kappa shape index (κ2) is 7.83. The van der Waals surface area contributed by atoms with Gasteiger partial charge < -0.3 is 9.72 Å². The Labute approximate surface area is 163 Å². The van der Waals surface area contributed by atoms with E-state index in [0.717, 1.165) is 44.1 Å². The van der Waals surface area contributed by atoms with E-state index in [4.69, 9.17) is 4.98 Å². The van der Waals surface area contributed by atoms with Crippen LogP contribution in [0.2, 0.25) is 0 Å². The van der Waals surface area contributed by atoms with Gasteiger partial charge in [-0.2, -0.15) is 0 Å². The van der Waals surface area contributed by atoms with Gasteiger partial charge in [-0.1, -0.05) is 58.5 Å². The molecule has 4 heteroatoms. The van der Waals surface area contributed by atoms with Gasteiger partial charge in [-0.3, -0.25) is 4.90 Å². The first-order chi connectivity index (χ1) is 12.5. The van der Waals surface area contributed by atoms with Gasteiger partial charge in [0, 0.05) is 44.5 Å². The molecule has 144 valence electrons. The van der Waals surface area contributed by atoms with Crippen molar-refractivity contribution in [1.29, 1.82) is 0 Å². The van der Waals surface area contributed by atoms with Gasteiger partial charge in [-0.05, 0) is 23.1 Å². The van der Waals surface area contributed by atoms with E-state index in [1.54, 1.807) is 0 Å². The standard InChI is InChI=1S/C22H28N4.CH4/c1-22(2,3)18-9-7-17(8-10-18)21-19(16-25-14-11-23-12-15-25)26-13-5-4-6-20(26)24-21;/h4-10,13,23H,11-12,14-16H2,1-3H3;1H4. The molecule has 0 aliphatic carbocycles. The van der Waals surface area contributed by atoms with Crippen LogP contribution in [0.1, 0.15) is 39.5 Å². The number of imidazole rings is 1. The van der Waals surface area contributed by atoms with Gasteiger partial charge in [0.2, 0.25) is 0 Å². The Morgan fingerprint density at radius 3 is 2.37 bits per heavy atom. The van der Waals surface area contributed by atoms with Gasteiger partial charge in [0.05, 0.1) is 11.4 Å². The van der Waals surface area contributed by atoms with Gasteiger partial charge in [0.15, 0.2) is 0 Å². The van der Waals surface area contributed by atoms with Crippen molar-refractivity contribution in [2.45, 2.75) is 40.2 Å². The molecule has 0 saturated carbocycles. The van der Waals surface area contributed by atoms with Crippen molar-refractivity contribution in [3.8, 4) is 11.3 Å². The first-order valence-corrected chi connectivity index (χ1v) is 9.52. The molecule has 1 aliphatic heterocycles. The maximum Gasteiger partial charge on any atom is 0.137 e. The SMILES string of the molecule is C.CC(C)(C)c1ccc(-c2nc3ccccn3c2CN2CCNCC2)cc1. The fourth-order valence-corrected chi connectivity index (χ4v) is 3.64. The van der Waals surface area contributed by atoms with Gasteiger partial charge in [0.25, 0.3) is 0 Å². The van der Waals surface area contributed by atoms with Crippen molar-refractivity contribution in [3.63, 3.8) is 0 Å². The van der Waals surface area contributed by atoms with E-state index >= 15 is 0 Å². The molecule has 0 atom stereocenters. The molecule has 0 spiro atoms. The number of aromatic nitrogens is 2. The zero-order valence-corrected chi connectivity index (χ0v) is 16.0. The molecule has 1 fully saturated rings. The lowest BCUT2D eigenvalue weighted by Gasteiger charge is -2.27. The largest absolute Gasteiger partial charge is 0.314 e. The van der Waals surface area contributed by atoms with E-state index < -0.39 is 0 Å². The predicted octanol–water partition coefficient (Wildman–Crippen LogP) is 4.34. The average Bonchev–Trinajstić information content (AvgIpc) is 3.01. The summed E-state index contributed by atoms with van der Waals surface area (Å²) in [4.78, 5) is 7.47. The summed E-state index contributed by atoms with van der Waals surface area (Å²) in [6.45, 7) is 12.0. The second-order valence-electron chi connectivity index (χ2n) is 8.19. The fraction of sp³-hybridized carbons (Fsp3) is 0.435. The van der Waals surface area contributed by atoms with Crippen LogP contribution in [-0.2, 0) is 12.0 Å². The Morgan fingerprint density at radius 2 is 1.70 bits per heavy atom. The highest BCUT2D eigenvalue weighted by Crippen LogP contribution is 2.29.